The van der Waals surface area contributed by atoms with Gasteiger partial charge in [0.2, 0.25) is 6.69 Å². The third-order valence-corrected chi connectivity index (χ3v) is 14.2. The van der Waals surface area contributed by atoms with Crippen molar-refractivity contribution in [3.63, 3.8) is 0 Å². The second-order valence-corrected chi connectivity index (χ2v) is 32.8. The van der Waals surface area contributed by atoms with Crippen molar-refractivity contribution in [3.05, 3.63) is 192 Å². The Balaban J connectivity index is -0.000000490. The molecule has 4 aromatic carbocycles. The largest absolute Gasteiger partial charge is 0.462 e. The lowest BCUT2D eigenvalue weighted by Crippen LogP contribution is -2.16. The first-order chi connectivity index (χ1) is 37.1. The minimum absolute atomic E-state index is 0. The summed E-state index contributed by atoms with van der Waals surface area (Å²) >= 11 is 29.2. The van der Waals surface area contributed by atoms with E-state index in [1.807, 2.05) is 6.55 Å². The second kappa shape index (κ2) is 46.0. The maximum Gasteiger partial charge on any atom is 0.341 e. The van der Waals surface area contributed by atoms with Crippen molar-refractivity contribution in [1.29, 1.82) is 0 Å². The molecule has 0 saturated heterocycles. The molecule has 0 aliphatic rings. The van der Waals surface area contributed by atoms with E-state index < -0.39 is 60.5 Å². The van der Waals surface area contributed by atoms with Crippen molar-refractivity contribution in [2.75, 3.05) is 52.9 Å². The van der Waals surface area contributed by atoms with Gasteiger partial charge in [0, 0.05) is 0 Å². The molecule has 82 heavy (non-hydrogen) atoms. The van der Waals surface area contributed by atoms with Crippen LogP contribution in [0.1, 0.15) is 139 Å². The summed E-state index contributed by atoms with van der Waals surface area (Å²) in [6.07, 6.45) is 6.87. The second-order valence-electron chi connectivity index (χ2n) is 15.3. The first-order valence-electron chi connectivity index (χ1n) is 23.7. The van der Waals surface area contributed by atoms with Crippen molar-refractivity contribution in [1.82, 2.24) is 0 Å². The summed E-state index contributed by atoms with van der Waals surface area (Å²) in [5.41, 5.74) is 1.46. The summed E-state index contributed by atoms with van der Waals surface area (Å²) in [6, 6.07) is 23.7. The number of carbonyl (C=O) groups is 8. The quantitative estimate of drug-likeness (QED) is 0.0143. The zero-order valence-electron chi connectivity index (χ0n) is 43.3. The highest BCUT2D eigenvalue weighted by atomic mass is 35.8. The summed E-state index contributed by atoms with van der Waals surface area (Å²) in [6.45, 7) is 18.1. The first kappa shape index (κ1) is 82.0. The standard InChI is InChI=1S/C15H18Cl2O4Si.C14H15Cl3O4Si.2C13H14O4.4CH4/c1-3-9-20-14(18)12-7-4-5-8-13(12)15(19)21-10-6-11-22(2,16)17;1-2-8-20-13(18)11-6-3-4-7-12(11)14(19)21-9-5-10-22(15,16)17;2*1-3-9-17-13(15)11-8-6-5-7-10(11)12(14)16-4-2;;;;/h3-5,7-8H,1,6,9-11H2,2H3;2-4,6-7H,1,5,8-10H2;2*3,5-8H,1,4,9H2,2H3;4*1H4. The molecule has 0 saturated carbocycles. The monoisotopic (exact) mass is 1270 g/mol. The molecule has 452 valence electrons. The Morgan fingerprint density at radius 2 is 0.561 bits per heavy atom. The molecular weight excluding hydrogens is 1200 g/mol. The average molecular weight is 1280 g/mol. The van der Waals surface area contributed by atoms with Crippen molar-refractivity contribution in [3.8, 4) is 0 Å². The molecule has 0 heterocycles. The Morgan fingerprint density at radius 3 is 0.744 bits per heavy atom. The summed E-state index contributed by atoms with van der Waals surface area (Å²) in [4.78, 5) is 94.3. The molecule has 0 spiro atoms. The van der Waals surface area contributed by atoms with E-state index in [1.54, 1.807) is 62.4 Å². The molecule has 16 nitrogen and oxygen atoms in total. The molecule has 0 radical (unpaired) electrons. The van der Waals surface area contributed by atoms with Gasteiger partial charge < -0.3 is 37.9 Å². The normalized spacial score (nSPS) is 9.76. The molecule has 0 aliphatic heterocycles. The van der Waals surface area contributed by atoms with Crippen LogP contribution in [0.25, 0.3) is 0 Å². The van der Waals surface area contributed by atoms with E-state index in [9.17, 15) is 38.4 Å². The lowest BCUT2D eigenvalue weighted by molar-refractivity contribution is 0.0474. The number of esters is 8. The molecule has 0 bridgehead atoms. The molecule has 4 aromatic rings. The molecule has 23 heteroatoms. The zero-order valence-corrected chi connectivity index (χ0v) is 49.1. The highest BCUT2D eigenvalue weighted by Crippen LogP contribution is 2.26. The minimum atomic E-state index is -2.71. The number of carbonyl (C=O) groups excluding carboxylic acids is 8. The van der Waals surface area contributed by atoms with E-state index in [1.165, 1.54) is 72.8 Å². The maximum absolute atomic E-state index is 12.1. The molecule has 0 aliphatic carbocycles. The fourth-order valence-electron chi connectivity index (χ4n) is 5.76. The van der Waals surface area contributed by atoms with Crippen molar-refractivity contribution >= 4 is 116 Å². The summed E-state index contributed by atoms with van der Waals surface area (Å²) in [5, 5.41) is 0. The van der Waals surface area contributed by atoms with Gasteiger partial charge in [-0.05, 0) is 93.9 Å². The average Bonchev–Trinajstić information content (AvgIpc) is 3.44. The first-order valence-corrected chi connectivity index (χ1v) is 33.7. The Kier molecular flexibility index (Phi) is 46.0. The van der Waals surface area contributed by atoms with Crippen LogP contribution in [0.5, 0.6) is 0 Å². The zero-order chi connectivity index (χ0) is 58.5. The predicted octanol–water partition coefficient (Wildman–Crippen LogP) is 15.3. The topological polar surface area (TPSA) is 210 Å². The Bertz CT molecular complexity index is 2470. The van der Waals surface area contributed by atoms with E-state index in [0.717, 1.165) is 0 Å². The Labute approximate surface area is 509 Å². The fraction of sp³-hybridized carbons (Fsp3) is 0.322. The van der Waals surface area contributed by atoms with Gasteiger partial charge in [-0.1, -0.05) is 129 Å². The van der Waals surface area contributed by atoms with Crippen LogP contribution in [0, 0.1) is 0 Å². The Hall–Kier alpha value is -6.52. The molecule has 0 amide bonds. The van der Waals surface area contributed by atoms with Crippen LogP contribution in [0.3, 0.4) is 0 Å². The molecular formula is C59H77Cl5O16Si2. The summed E-state index contributed by atoms with van der Waals surface area (Å²) in [5.74, 6) is -4.56. The van der Waals surface area contributed by atoms with Gasteiger partial charge in [-0.2, -0.15) is 0 Å². The van der Waals surface area contributed by atoms with E-state index in [4.69, 9.17) is 93.3 Å². The molecule has 4 rings (SSSR count). The highest BCUT2D eigenvalue weighted by Gasteiger charge is 2.26. The van der Waals surface area contributed by atoms with Crippen LogP contribution in [0.15, 0.2) is 148 Å². The number of ether oxygens (including phenoxy) is 8. The van der Waals surface area contributed by atoms with Crippen molar-refractivity contribution in [2.24, 2.45) is 0 Å². The molecule has 0 fully saturated rings. The van der Waals surface area contributed by atoms with Crippen LogP contribution < -0.4 is 0 Å². The van der Waals surface area contributed by atoms with Gasteiger partial charge in [-0.15, -0.1) is 55.4 Å². The number of hydrogen-bond acceptors (Lipinski definition) is 16. The third-order valence-electron chi connectivity index (χ3n) is 9.18. The fourth-order valence-corrected chi connectivity index (χ4v) is 9.08. The van der Waals surface area contributed by atoms with Gasteiger partial charge >= 0.3 is 53.8 Å². The number of benzene rings is 4. The minimum Gasteiger partial charge on any atom is -0.462 e. The van der Waals surface area contributed by atoms with Crippen LogP contribution in [-0.2, 0) is 37.9 Å². The van der Waals surface area contributed by atoms with Crippen LogP contribution in [0.4, 0.5) is 0 Å². The Morgan fingerprint density at radius 1 is 0.366 bits per heavy atom. The SMILES string of the molecule is C.C.C.C.C=CCOC(=O)c1ccccc1C(=O)OCC.C=CCOC(=O)c1ccccc1C(=O)OCC.C=CCOC(=O)c1ccccc1C(=O)OCCC[Si](C)(Cl)Cl.C=CCOC(=O)c1ccccc1C(=O)OCCC[Si](Cl)(Cl)Cl. The summed E-state index contributed by atoms with van der Waals surface area (Å²) < 4.78 is 39.6. The summed E-state index contributed by atoms with van der Waals surface area (Å²) in [7, 11) is 0. The smallest absolute Gasteiger partial charge is 0.341 e. The maximum atomic E-state index is 12.1. The molecule has 0 N–H and O–H groups in total. The third kappa shape index (κ3) is 33.4. The molecule has 0 aromatic heterocycles. The van der Waals surface area contributed by atoms with Gasteiger partial charge in [-0.3, -0.25) is 0 Å². The van der Waals surface area contributed by atoms with Gasteiger partial charge in [0.25, 0.3) is 0 Å². The lowest BCUT2D eigenvalue weighted by Gasteiger charge is -2.11. The highest BCUT2D eigenvalue weighted by molar-refractivity contribution is 7.64. The molecule has 0 atom stereocenters. The van der Waals surface area contributed by atoms with E-state index >= 15 is 0 Å². The van der Waals surface area contributed by atoms with Gasteiger partial charge in [0.15, 0.2) is 0 Å². The number of halogens is 5. The van der Waals surface area contributed by atoms with Crippen LogP contribution in [0.2, 0.25) is 18.6 Å². The predicted molar refractivity (Wildman–Crippen MR) is 333 cm³/mol. The number of rotatable bonds is 26. The molecule has 0 unspecified atom stereocenters. The number of hydrogen-bond donors (Lipinski definition) is 0. The van der Waals surface area contributed by atoms with Gasteiger partial charge in [0.05, 0.1) is 70.9 Å². The van der Waals surface area contributed by atoms with Gasteiger partial charge in [0.1, 0.15) is 26.4 Å². The van der Waals surface area contributed by atoms with Crippen LogP contribution in [-0.4, -0.2) is 113 Å². The van der Waals surface area contributed by atoms with Crippen LogP contribution >= 0.6 is 55.4 Å². The van der Waals surface area contributed by atoms with Gasteiger partial charge in [-0.25, -0.2) is 38.4 Å². The van der Waals surface area contributed by atoms with E-state index in [-0.39, 0.29) is 127 Å². The van der Waals surface area contributed by atoms with Crippen molar-refractivity contribution < 1.29 is 76.3 Å². The van der Waals surface area contributed by atoms with Crippen molar-refractivity contribution in [2.45, 2.75) is 75.0 Å². The lowest BCUT2D eigenvalue weighted by atomic mass is 10.1. The van der Waals surface area contributed by atoms with E-state index in [0.29, 0.717) is 24.9 Å². The van der Waals surface area contributed by atoms with E-state index in [2.05, 4.69) is 26.3 Å².